The SMILES string of the molecule is O=C(O[C@H]1C[N+]2(CCOc3ccccc3)CCC1CC2)N(Cc1cc(F)c(F)cc1F)c1ccccc1.[Br-]. The average Bonchev–Trinajstić information content (AvgIpc) is 2.91. The molecule has 38 heavy (non-hydrogen) atoms. The second kappa shape index (κ2) is 12.2. The number of hydrogen-bond acceptors (Lipinski definition) is 3. The van der Waals surface area contributed by atoms with E-state index in [0.717, 1.165) is 48.8 Å². The Labute approximate surface area is 231 Å². The van der Waals surface area contributed by atoms with Crippen molar-refractivity contribution in [1.29, 1.82) is 0 Å². The maximum Gasteiger partial charge on any atom is 0.415 e. The van der Waals surface area contributed by atoms with Crippen molar-refractivity contribution in [2.75, 3.05) is 37.7 Å². The topological polar surface area (TPSA) is 38.8 Å². The van der Waals surface area contributed by atoms with Gasteiger partial charge in [-0.3, -0.25) is 4.90 Å². The van der Waals surface area contributed by atoms with Gasteiger partial charge in [-0.05, 0) is 30.3 Å². The third kappa shape index (κ3) is 6.32. The van der Waals surface area contributed by atoms with Crippen LogP contribution in [0.1, 0.15) is 18.4 Å². The molecule has 0 unspecified atom stereocenters. The number of fused-ring (bicyclic) bond motifs is 3. The van der Waals surface area contributed by atoms with Gasteiger partial charge in [0.15, 0.2) is 17.7 Å². The van der Waals surface area contributed by atoms with E-state index in [2.05, 4.69) is 0 Å². The molecule has 0 N–H and O–H groups in total. The minimum Gasteiger partial charge on any atom is -1.00 e. The van der Waals surface area contributed by atoms with Crippen LogP contribution in [0.25, 0.3) is 0 Å². The van der Waals surface area contributed by atoms with Crippen LogP contribution in [0.3, 0.4) is 0 Å². The Bertz CT molecular complexity index is 1220. The van der Waals surface area contributed by atoms with Crippen molar-refractivity contribution >= 4 is 11.8 Å². The molecule has 3 saturated heterocycles. The summed E-state index contributed by atoms with van der Waals surface area (Å²) in [5.74, 6) is -2.26. The van der Waals surface area contributed by atoms with Crippen LogP contribution in [-0.4, -0.2) is 49.5 Å². The van der Waals surface area contributed by atoms with Crippen molar-refractivity contribution in [3.05, 3.63) is 95.8 Å². The third-order valence-corrected chi connectivity index (χ3v) is 7.58. The van der Waals surface area contributed by atoms with Crippen LogP contribution >= 0.6 is 0 Å². The minimum absolute atomic E-state index is 0. The van der Waals surface area contributed by atoms with Gasteiger partial charge in [0, 0.05) is 36.1 Å². The van der Waals surface area contributed by atoms with Crippen LogP contribution in [0.5, 0.6) is 5.75 Å². The van der Waals surface area contributed by atoms with Crippen LogP contribution in [0.2, 0.25) is 0 Å². The smallest absolute Gasteiger partial charge is 0.415 e. The number of hydrogen-bond donors (Lipinski definition) is 0. The van der Waals surface area contributed by atoms with Crippen molar-refractivity contribution in [1.82, 2.24) is 0 Å². The number of carbonyl (C=O) groups excluding carboxylic acids is 1. The van der Waals surface area contributed by atoms with E-state index in [1.165, 1.54) is 4.90 Å². The highest BCUT2D eigenvalue weighted by molar-refractivity contribution is 5.87. The molecular formula is C29H30BrF3N2O3. The summed E-state index contributed by atoms with van der Waals surface area (Å²) in [7, 11) is 0. The number of anilines is 1. The van der Waals surface area contributed by atoms with Crippen LogP contribution in [-0.2, 0) is 11.3 Å². The van der Waals surface area contributed by atoms with Gasteiger partial charge in [-0.25, -0.2) is 18.0 Å². The zero-order valence-corrected chi connectivity index (χ0v) is 22.5. The molecule has 3 aromatic carbocycles. The normalized spacial score (nSPS) is 21.9. The summed E-state index contributed by atoms with van der Waals surface area (Å²) in [5.41, 5.74) is 0.355. The predicted molar refractivity (Wildman–Crippen MR) is 134 cm³/mol. The highest BCUT2D eigenvalue weighted by Crippen LogP contribution is 2.36. The summed E-state index contributed by atoms with van der Waals surface area (Å²) < 4.78 is 54.6. The summed E-state index contributed by atoms with van der Waals surface area (Å²) in [6.45, 7) is 3.82. The maximum atomic E-state index is 14.4. The molecule has 1 amide bonds. The third-order valence-electron chi connectivity index (χ3n) is 7.58. The molecule has 0 aromatic heterocycles. The first-order valence-corrected chi connectivity index (χ1v) is 12.6. The van der Waals surface area contributed by atoms with Gasteiger partial charge in [0.1, 0.15) is 31.3 Å². The van der Waals surface area contributed by atoms with Gasteiger partial charge in [-0.2, -0.15) is 0 Å². The average molecular weight is 591 g/mol. The molecule has 2 bridgehead atoms. The van der Waals surface area contributed by atoms with Crippen LogP contribution in [0.4, 0.5) is 23.7 Å². The second-order valence-electron chi connectivity index (χ2n) is 9.90. The number of quaternary nitrogens is 1. The fourth-order valence-corrected chi connectivity index (χ4v) is 5.46. The molecule has 0 aliphatic carbocycles. The number of para-hydroxylation sites is 2. The zero-order valence-electron chi connectivity index (χ0n) is 20.9. The Hall–Kier alpha value is -3.04. The van der Waals surface area contributed by atoms with Gasteiger partial charge >= 0.3 is 6.09 Å². The highest BCUT2D eigenvalue weighted by Gasteiger charge is 2.48. The van der Waals surface area contributed by atoms with Crippen molar-refractivity contribution < 1.29 is 48.9 Å². The first kappa shape index (κ1) is 28.0. The molecule has 5 nitrogen and oxygen atoms in total. The lowest BCUT2D eigenvalue weighted by Gasteiger charge is -2.52. The Kier molecular flexibility index (Phi) is 8.99. The molecule has 0 radical (unpaired) electrons. The standard InChI is InChI=1S/C29H30F3N2O3.BrH/c30-25-18-27(32)26(31)17-22(25)19-33(23-7-3-1-4-8-23)29(35)37-28-20-34(13-11-21(28)12-14-34)15-16-36-24-9-5-2-6-10-24;/h1-10,17-18,21,28H,11-16,19-20H2;1H/q+1;/p-1/t21?,28-,34?;/m0./s1. The molecule has 9 heteroatoms. The maximum absolute atomic E-state index is 14.4. The Morgan fingerprint density at radius 3 is 2.21 bits per heavy atom. The zero-order chi connectivity index (χ0) is 25.8. The van der Waals surface area contributed by atoms with E-state index in [-0.39, 0.29) is 41.1 Å². The lowest BCUT2D eigenvalue weighted by Crippen LogP contribution is -3.00. The molecule has 3 heterocycles. The van der Waals surface area contributed by atoms with Gasteiger partial charge in [-0.15, -0.1) is 0 Å². The minimum atomic E-state index is -1.27. The van der Waals surface area contributed by atoms with Gasteiger partial charge in [-0.1, -0.05) is 36.4 Å². The molecule has 3 aromatic rings. The Morgan fingerprint density at radius 1 is 0.895 bits per heavy atom. The van der Waals surface area contributed by atoms with Crippen molar-refractivity contribution in [3.63, 3.8) is 0 Å². The highest BCUT2D eigenvalue weighted by atomic mass is 79.9. The van der Waals surface area contributed by atoms with E-state index in [9.17, 15) is 18.0 Å². The molecule has 3 aliphatic heterocycles. The van der Waals surface area contributed by atoms with Crippen LogP contribution < -0.4 is 26.6 Å². The van der Waals surface area contributed by atoms with Gasteiger partial charge in [0.2, 0.25) is 0 Å². The van der Waals surface area contributed by atoms with E-state index >= 15 is 0 Å². The molecule has 1 atom stereocenters. The lowest BCUT2D eigenvalue weighted by atomic mass is 9.83. The summed E-state index contributed by atoms with van der Waals surface area (Å²) in [4.78, 5) is 14.7. The fourth-order valence-electron chi connectivity index (χ4n) is 5.46. The second-order valence-corrected chi connectivity index (χ2v) is 9.90. The summed E-state index contributed by atoms with van der Waals surface area (Å²) in [5, 5.41) is 0. The summed E-state index contributed by atoms with van der Waals surface area (Å²) in [6, 6.07) is 19.7. The van der Waals surface area contributed by atoms with E-state index in [0.29, 0.717) is 24.9 Å². The van der Waals surface area contributed by atoms with E-state index < -0.39 is 23.5 Å². The van der Waals surface area contributed by atoms with Gasteiger partial charge in [0.25, 0.3) is 0 Å². The number of rotatable bonds is 8. The van der Waals surface area contributed by atoms with Crippen molar-refractivity contribution in [3.8, 4) is 5.75 Å². The Morgan fingerprint density at radius 2 is 1.53 bits per heavy atom. The number of carbonyl (C=O) groups is 1. The quantitative estimate of drug-likeness (QED) is 0.299. The van der Waals surface area contributed by atoms with E-state index in [1.54, 1.807) is 30.3 Å². The number of piperidine rings is 3. The molecule has 202 valence electrons. The number of benzene rings is 3. The lowest BCUT2D eigenvalue weighted by molar-refractivity contribution is -0.946. The number of amides is 1. The molecule has 0 spiro atoms. The van der Waals surface area contributed by atoms with Crippen LogP contribution in [0, 0.1) is 23.4 Å². The van der Waals surface area contributed by atoms with Gasteiger partial charge in [0.05, 0.1) is 19.6 Å². The molecule has 3 fully saturated rings. The fraction of sp³-hybridized carbons (Fsp3) is 0.345. The largest absolute Gasteiger partial charge is 1.00 e. The molecular weight excluding hydrogens is 561 g/mol. The first-order chi connectivity index (χ1) is 17.9. The molecule has 6 rings (SSSR count). The van der Waals surface area contributed by atoms with E-state index in [1.807, 2.05) is 30.3 Å². The number of nitrogens with zero attached hydrogens (tertiary/aromatic N) is 2. The molecule has 3 aliphatic rings. The number of ether oxygens (including phenoxy) is 2. The Balaban J connectivity index is 0.00000336. The number of halogens is 4. The van der Waals surface area contributed by atoms with Crippen molar-refractivity contribution in [2.24, 2.45) is 5.92 Å². The molecule has 0 saturated carbocycles. The first-order valence-electron chi connectivity index (χ1n) is 12.6. The summed E-state index contributed by atoms with van der Waals surface area (Å²) in [6.07, 6.45) is 0.985. The summed E-state index contributed by atoms with van der Waals surface area (Å²) >= 11 is 0. The van der Waals surface area contributed by atoms with Gasteiger partial charge < -0.3 is 30.9 Å². The monoisotopic (exact) mass is 590 g/mol. The van der Waals surface area contributed by atoms with Crippen molar-refractivity contribution in [2.45, 2.75) is 25.5 Å². The van der Waals surface area contributed by atoms with Crippen LogP contribution in [0.15, 0.2) is 72.8 Å². The van der Waals surface area contributed by atoms with E-state index in [4.69, 9.17) is 9.47 Å². The predicted octanol–water partition coefficient (Wildman–Crippen LogP) is 2.94.